The molecule has 0 spiro atoms. The van der Waals surface area contributed by atoms with E-state index in [0.717, 1.165) is 25.9 Å². The molecule has 1 aliphatic heterocycles. The first kappa shape index (κ1) is 13.5. The molecule has 94 valence electrons. The molecule has 1 heterocycles. The number of likely N-dealkylation sites (tertiary alicyclic amines) is 1. The number of carboxylic acid groups (broad SMARTS) is 1. The van der Waals surface area contributed by atoms with Crippen LogP contribution < -0.4 is 0 Å². The van der Waals surface area contributed by atoms with Crippen LogP contribution in [-0.2, 0) is 9.53 Å². The summed E-state index contributed by atoms with van der Waals surface area (Å²) in [7, 11) is 1.76. The van der Waals surface area contributed by atoms with Crippen molar-refractivity contribution in [3.8, 4) is 0 Å². The van der Waals surface area contributed by atoms with Crippen LogP contribution in [0.15, 0.2) is 0 Å². The molecule has 4 nitrogen and oxygen atoms in total. The number of ether oxygens (including phenoxy) is 1. The number of nitrogens with zero attached hydrogens (tertiary/aromatic N) is 1. The fourth-order valence-electron chi connectivity index (χ4n) is 2.28. The Morgan fingerprint density at radius 3 is 2.88 bits per heavy atom. The maximum absolute atomic E-state index is 10.5. The lowest BCUT2D eigenvalue weighted by Crippen LogP contribution is -2.47. The zero-order chi connectivity index (χ0) is 12.1. The molecule has 1 N–H and O–H groups in total. The number of rotatable bonds is 5. The van der Waals surface area contributed by atoms with Crippen LogP contribution in [-0.4, -0.2) is 48.3 Å². The number of aliphatic carboxylic acids is 1. The minimum absolute atomic E-state index is 0.255. The normalized spacial score (nSPS) is 28.9. The highest BCUT2D eigenvalue weighted by molar-refractivity contribution is 5.66. The maximum atomic E-state index is 10.5. The molecule has 0 bridgehead atoms. The molecule has 4 heteroatoms. The monoisotopic (exact) mass is 229 g/mol. The van der Waals surface area contributed by atoms with Gasteiger partial charge in [-0.1, -0.05) is 6.92 Å². The van der Waals surface area contributed by atoms with E-state index in [2.05, 4.69) is 18.7 Å². The third-order valence-electron chi connectivity index (χ3n) is 3.62. The van der Waals surface area contributed by atoms with Gasteiger partial charge in [0, 0.05) is 26.1 Å². The van der Waals surface area contributed by atoms with Gasteiger partial charge in [-0.05, 0) is 32.2 Å². The molecular weight excluding hydrogens is 206 g/mol. The van der Waals surface area contributed by atoms with Crippen molar-refractivity contribution in [1.82, 2.24) is 4.90 Å². The molecule has 0 aromatic rings. The summed E-state index contributed by atoms with van der Waals surface area (Å²) in [4.78, 5) is 12.9. The summed E-state index contributed by atoms with van der Waals surface area (Å²) in [5, 5.41) is 8.66. The van der Waals surface area contributed by atoms with E-state index in [1.807, 2.05) is 0 Å². The van der Waals surface area contributed by atoms with E-state index < -0.39 is 5.97 Å². The van der Waals surface area contributed by atoms with E-state index in [-0.39, 0.29) is 6.42 Å². The van der Waals surface area contributed by atoms with Gasteiger partial charge in [-0.15, -0.1) is 0 Å². The zero-order valence-electron chi connectivity index (χ0n) is 10.5. The van der Waals surface area contributed by atoms with Gasteiger partial charge in [-0.2, -0.15) is 0 Å². The van der Waals surface area contributed by atoms with Crippen molar-refractivity contribution in [2.24, 2.45) is 5.92 Å². The molecule has 0 aromatic carbocycles. The number of hydrogen-bond donors (Lipinski definition) is 1. The Bertz CT molecular complexity index is 232. The topological polar surface area (TPSA) is 49.8 Å². The predicted molar refractivity (Wildman–Crippen MR) is 62.5 cm³/mol. The van der Waals surface area contributed by atoms with Gasteiger partial charge in [0.1, 0.15) is 0 Å². The average molecular weight is 229 g/mol. The molecule has 1 saturated heterocycles. The summed E-state index contributed by atoms with van der Waals surface area (Å²) in [6.07, 6.45) is 2.40. The Kier molecular flexibility index (Phi) is 5.22. The zero-order valence-corrected chi connectivity index (χ0v) is 10.5. The fraction of sp³-hybridized carbons (Fsp3) is 0.917. The van der Waals surface area contributed by atoms with E-state index in [1.165, 1.54) is 0 Å². The van der Waals surface area contributed by atoms with Gasteiger partial charge in [-0.25, -0.2) is 0 Å². The first-order valence-electron chi connectivity index (χ1n) is 6.03. The summed E-state index contributed by atoms with van der Waals surface area (Å²) in [6.45, 7) is 6.30. The number of methoxy groups -OCH3 is 1. The Morgan fingerprint density at radius 1 is 1.62 bits per heavy atom. The standard InChI is InChI=1S/C12H23NO3/c1-9-6-7-13(8-11(9)16-3)10(2)4-5-12(14)15/h9-11H,4-8H2,1-3H3,(H,14,15). The first-order chi connectivity index (χ1) is 7.54. The van der Waals surface area contributed by atoms with E-state index in [0.29, 0.717) is 18.1 Å². The summed E-state index contributed by atoms with van der Waals surface area (Å²) in [5.74, 6) is -0.103. The molecule has 3 unspecified atom stereocenters. The third-order valence-corrected chi connectivity index (χ3v) is 3.62. The molecule has 0 aromatic heterocycles. The second-order valence-electron chi connectivity index (χ2n) is 4.82. The fourth-order valence-corrected chi connectivity index (χ4v) is 2.28. The molecule has 0 amide bonds. The molecule has 3 atom stereocenters. The lowest BCUT2D eigenvalue weighted by molar-refractivity contribution is -0.137. The molecule has 1 aliphatic rings. The molecular formula is C12H23NO3. The van der Waals surface area contributed by atoms with Crippen LogP contribution in [0.4, 0.5) is 0 Å². The average Bonchev–Trinajstić information content (AvgIpc) is 2.26. The van der Waals surface area contributed by atoms with Crippen molar-refractivity contribution in [3.63, 3.8) is 0 Å². The molecule has 16 heavy (non-hydrogen) atoms. The minimum Gasteiger partial charge on any atom is -0.481 e. The molecule has 1 fully saturated rings. The highest BCUT2D eigenvalue weighted by Gasteiger charge is 2.28. The van der Waals surface area contributed by atoms with Crippen LogP contribution in [0.1, 0.15) is 33.1 Å². The van der Waals surface area contributed by atoms with Crippen molar-refractivity contribution in [2.45, 2.75) is 45.3 Å². The SMILES string of the molecule is COC1CN(C(C)CCC(=O)O)CCC1C. The predicted octanol–water partition coefficient (Wildman–Crippen LogP) is 1.60. The van der Waals surface area contributed by atoms with Crippen LogP contribution in [0.2, 0.25) is 0 Å². The smallest absolute Gasteiger partial charge is 0.303 e. The third kappa shape index (κ3) is 3.76. The molecule has 1 rings (SSSR count). The number of hydrogen-bond acceptors (Lipinski definition) is 3. The van der Waals surface area contributed by atoms with Crippen molar-refractivity contribution >= 4 is 5.97 Å². The summed E-state index contributed by atoms with van der Waals surface area (Å²) < 4.78 is 5.45. The van der Waals surface area contributed by atoms with Crippen molar-refractivity contribution in [2.75, 3.05) is 20.2 Å². The number of carboxylic acids is 1. The first-order valence-corrected chi connectivity index (χ1v) is 6.03. The van der Waals surface area contributed by atoms with Crippen LogP contribution in [0.5, 0.6) is 0 Å². The van der Waals surface area contributed by atoms with Crippen molar-refractivity contribution < 1.29 is 14.6 Å². The van der Waals surface area contributed by atoms with Gasteiger partial charge in [-0.3, -0.25) is 9.69 Å². The largest absolute Gasteiger partial charge is 0.481 e. The van der Waals surface area contributed by atoms with Crippen LogP contribution >= 0.6 is 0 Å². The van der Waals surface area contributed by atoms with E-state index in [9.17, 15) is 4.79 Å². The highest BCUT2D eigenvalue weighted by atomic mass is 16.5. The molecule has 0 saturated carbocycles. The number of piperidine rings is 1. The van der Waals surface area contributed by atoms with Gasteiger partial charge in [0.2, 0.25) is 0 Å². The second kappa shape index (κ2) is 6.21. The second-order valence-corrected chi connectivity index (χ2v) is 4.82. The van der Waals surface area contributed by atoms with Crippen LogP contribution in [0.25, 0.3) is 0 Å². The Labute approximate surface area is 97.6 Å². The Hall–Kier alpha value is -0.610. The lowest BCUT2D eigenvalue weighted by atomic mass is 9.94. The summed E-state index contributed by atoms with van der Waals surface area (Å²) >= 11 is 0. The number of carbonyl (C=O) groups is 1. The van der Waals surface area contributed by atoms with Crippen LogP contribution in [0, 0.1) is 5.92 Å². The van der Waals surface area contributed by atoms with Gasteiger partial charge in [0.05, 0.1) is 6.10 Å². The van der Waals surface area contributed by atoms with Crippen LogP contribution in [0.3, 0.4) is 0 Å². The summed E-state index contributed by atoms with van der Waals surface area (Å²) in [5.41, 5.74) is 0. The maximum Gasteiger partial charge on any atom is 0.303 e. The van der Waals surface area contributed by atoms with Crippen molar-refractivity contribution in [1.29, 1.82) is 0 Å². The van der Waals surface area contributed by atoms with Gasteiger partial charge in [0.25, 0.3) is 0 Å². The lowest BCUT2D eigenvalue weighted by Gasteiger charge is -2.39. The van der Waals surface area contributed by atoms with Gasteiger partial charge < -0.3 is 9.84 Å². The Morgan fingerprint density at radius 2 is 2.31 bits per heavy atom. The molecule has 0 radical (unpaired) electrons. The quantitative estimate of drug-likeness (QED) is 0.778. The van der Waals surface area contributed by atoms with Gasteiger partial charge >= 0.3 is 5.97 Å². The summed E-state index contributed by atoms with van der Waals surface area (Å²) in [6, 6.07) is 0.334. The van der Waals surface area contributed by atoms with E-state index >= 15 is 0 Å². The minimum atomic E-state index is -0.708. The molecule has 0 aliphatic carbocycles. The van der Waals surface area contributed by atoms with E-state index in [4.69, 9.17) is 9.84 Å². The Balaban J connectivity index is 2.39. The van der Waals surface area contributed by atoms with Crippen molar-refractivity contribution in [3.05, 3.63) is 0 Å². The highest BCUT2D eigenvalue weighted by Crippen LogP contribution is 2.22. The van der Waals surface area contributed by atoms with E-state index in [1.54, 1.807) is 7.11 Å². The van der Waals surface area contributed by atoms with Gasteiger partial charge in [0.15, 0.2) is 0 Å².